The van der Waals surface area contributed by atoms with Gasteiger partial charge in [-0.3, -0.25) is 4.79 Å². The van der Waals surface area contributed by atoms with Crippen LogP contribution in [-0.2, 0) is 14.6 Å². The van der Waals surface area contributed by atoms with Crippen LogP contribution in [0.2, 0.25) is 0 Å². The number of nitrogens with one attached hydrogen (secondary N) is 1. The molecule has 1 aromatic rings. The summed E-state index contributed by atoms with van der Waals surface area (Å²) in [6, 6.07) is 1.40. The van der Waals surface area contributed by atoms with Crippen LogP contribution in [0.3, 0.4) is 0 Å². The van der Waals surface area contributed by atoms with Crippen molar-refractivity contribution in [3.8, 4) is 0 Å². The Morgan fingerprint density at radius 2 is 1.81 bits per heavy atom. The molecule has 1 amide bonds. The van der Waals surface area contributed by atoms with Crippen molar-refractivity contribution >= 4 is 21.4 Å². The SMILES string of the molecule is CC(C)CCNC(=O)CS(=O)(=O)c1c(F)cc(N)cc1F. The zero-order valence-electron chi connectivity index (χ0n) is 11.8. The molecule has 0 fully saturated rings. The minimum Gasteiger partial charge on any atom is -0.399 e. The zero-order valence-corrected chi connectivity index (χ0v) is 12.6. The molecule has 0 saturated heterocycles. The Balaban J connectivity index is 2.85. The molecule has 0 atom stereocenters. The van der Waals surface area contributed by atoms with E-state index in [4.69, 9.17) is 5.73 Å². The molecule has 0 bridgehead atoms. The van der Waals surface area contributed by atoms with Gasteiger partial charge in [-0.2, -0.15) is 0 Å². The maximum atomic E-state index is 13.6. The lowest BCUT2D eigenvalue weighted by Crippen LogP contribution is -2.32. The molecular weight excluding hydrogens is 302 g/mol. The van der Waals surface area contributed by atoms with Crippen LogP contribution < -0.4 is 11.1 Å². The van der Waals surface area contributed by atoms with Gasteiger partial charge in [-0.15, -0.1) is 0 Å². The molecule has 3 N–H and O–H groups in total. The molecule has 1 aromatic carbocycles. The highest BCUT2D eigenvalue weighted by Crippen LogP contribution is 2.22. The number of nitrogen functional groups attached to an aromatic ring is 1. The number of hydrogen-bond acceptors (Lipinski definition) is 4. The van der Waals surface area contributed by atoms with Crippen LogP contribution in [0.4, 0.5) is 14.5 Å². The molecule has 0 aliphatic rings. The van der Waals surface area contributed by atoms with Crippen LogP contribution in [0.1, 0.15) is 20.3 Å². The second-order valence-electron chi connectivity index (χ2n) is 5.11. The van der Waals surface area contributed by atoms with Crippen molar-refractivity contribution in [2.24, 2.45) is 5.92 Å². The van der Waals surface area contributed by atoms with E-state index >= 15 is 0 Å². The molecule has 0 aliphatic carbocycles. The molecule has 0 aromatic heterocycles. The number of rotatable bonds is 6. The number of carbonyl (C=O) groups is 1. The van der Waals surface area contributed by atoms with Gasteiger partial charge in [0.1, 0.15) is 22.3 Å². The number of nitrogens with two attached hydrogens (primary N) is 1. The Morgan fingerprint density at radius 1 is 1.29 bits per heavy atom. The summed E-state index contributed by atoms with van der Waals surface area (Å²) in [7, 11) is -4.41. The highest BCUT2D eigenvalue weighted by molar-refractivity contribution is 7.92. The lowest BCUT2D eigenvalue weighted by molar-refractivity contribution is -0.118. The lowest BCUT2D eigenvalue weighted by Gasteiger charge is -2.09. The third-order valence-corrected chi connectivity index (χ3v) is 4.35. The summed E-state index contributed by atoms with van der Waals surface area (Å²) >= 11 is 0. The predicted molar refractivity (Wildman–Crippen MR) is 75.3 cm³/mol. The Bertz CT molecular complexity index is 607. The lowest BCUT2D eigenvalue weighted by atomic mass is 10.1. The van der Waals surface area contributed by atoms with Crippen molar-refractivity contribution in [2.75, 3.05) is 18.0 Å². The Labute approximate surface area is 122 Å². The monoisotopic (exact) mass is 320 g/mol. The normalized spacial score (nSPS) is 11.7. The molecular formula is C13H18F2N2O3S. The Kier molecular flexibility index (Phi) is 5.65. The Morgan fingerprint density at radius 3 is 2.29 bits per heavy atom. The summed E-state index contributed by atoms with van der Waals surface area (Å²) in [5.74, 6) is -4.08. The fourth-order valence-electron chi connectivity index (χ4n) is 1.67. The van der Waals surface area contributed by atoms with Gasteiger partial charge in [0.05, 0.1) is 0 Å². The van der Waals surface area contributed by atoms with Gasteiger partial charge >= 0.3 is 0 Å². The summed E-state index contributed by atoms with van der Waals surface area (Å²) in [4.78, 5) is 10.4. The van der Waals surface area contributed by atoms with Gasteiger partial charge in [0.2, 0.25) is 5.91 Å². The molecule has 8 heteroatoms. The molecule has 0 heterocycles. The van der Waals surface area contributed by atoms with Gasteiger partial charge in [-0.25, -0.2) is 17.2 Å². The predicted octanol–water partition coefficient (Wildman–Crippen LogP) is 1.48. The van der Waals surface area contributed by atoms with E-state index in [1.54, 1.807) is 0 Å². The first-order valence-electron chi connectivity index (χ1n) is 6.37. The number of sulfone groups is 1. The number of benzene rings is 1. The molecule has 5 nitrogen and oxygen atoms in total. The van der Waals surface area contributed by atoms with Gasteiger partial charge < -0.3 is 11.1 Å². The number of anilines is 1. The van der Waals surface area contributed by atoms with Gasteiger partial charge in [0.15, 0.2) is 9.84 Å². The Hall–Kier alpha value is -1.70. The molecule has 0 radical (unpaired) electrons. The van der Waals surface area contributed by atoms with Crippen LogP contribution in [-0.4, -0.2) is 26.6 Å². The third-order valence-electron chi connectivity index (χ3n) is 2.70. The highest BCUT2D eigenvalue weighted by Gasteiger charge is 2.27. The van der Waals surface area contributed by atoms with Gasteiger partial charge in [0, 0.05) is 12.2 Å². The van der Waals surface area contributed by atoms with E-state index in [1.807, 2.05) is 13.8 Å². The van der Waals surface area contributed by atoms with Crippen molar-refractivity contribution < 1.29 is 22.0 Å². The van der Waals surface area contributed by atoms with Gasteiger partial charge in [-0.1, -0.05) is 13.8 Å². The van der Waals surface area contributed by atoms with Crippen molar-refractivity contribution in [2.45, 2.75) is 25.2 Å². The van der Waals surface area contributed by atoms with E-state index in [9.17, 15) is 22.0 Å². The quantitative estimate of drug-likeness (QED) is 0.777. The van der Waals surface area contributed by atoms with Crippen molar-refractivity contribution in [3.05, 3.63) is 23.8 Å². The molecule has 118 valence electrons. The second-order valence-corrected chi connectivity index (χ2v) is 7.03. The summed E-state index contributed by atoms with van der Waals surface area (Å²) in [5, 5.41) is 2.40. The molecule has 0 saturated carbocycles. The summed E-state index contributed by atoms with van der Waals surface area (Å²) in [5.41, 5.74) is 4.98. The first-order chi connectivity index (χ1) is 9.63. The molecule has 0 spiro atoms. The summed E-state index contributed by atoms with van der Waals surface area (Å²) in [6.45, 7) is 4.20. The van der Waals surface area contributed by atoms with E-state index in [0.717, 1.165) is 0 Å². The van der Waals surface area contributed by atoms with Crippen molar-refractivity contribution in [1.82, 2.24) is 5.32 Å². The number of halogens is 2. The minimum atomic E-state index is -4.41. The highest BCUT2D eigenvalue weighted by atomic mass is 32.2. The van der Waals surface area contributed by atoms with E-state index < -0.39 is 38.0 Å². The smallest absolute Gasteiger partial charge is 0.235 e. The topological polar surface area (TPSA) is 89.3 Å². The van der Waals surface area contributed by atoms with Crippen molar-refractivity contribution in [1.29, 1.82) is 0 Å². The van der Waals surface area contributed by atoms with E-state index in [-0.39, 0.29) is 5.69 Å². The number of hydrogen-bond donors (Lipinski definition) is 2. The number of amides is 1. The van der Waals surface area contributed by atoms with E-state index in [2.05, 4.69) is 5.32 Å². The zero-order chi connectivity index (χ0) is 16.2. The van der Waals surface area contributed by atoms with Gasteiger partial charge in [-0.05, 0) is 24.5 Å². The second kappa shape index (κ2) is 6.84. The molecule has 0 aliphatic heterocycles. The van der Waals surface area contributed by atoms with Crippen LogP contribution in [0, 0.1) is 17.6 Å². The fraction of sp³-hybridized carbons (Fsp3) is 0.462. The van der Waals surface area contributed by atoms with E-state index in [0.29, 0.717) is 31.0 Å². The van der Waals surface area contributed by atoms with Crippen LogP contribution in [0.25, 0.3) is 0 Å². The largest absolute Gasteiger partial charge is 0.399 e. The molecule has 21 heavy (non-hydrogen) atoms. The average molecular weight is 320 g/mol. The van der Waals surface area contributed by atoms with E-state index in [1.165, 1.54) is 0 Å². The van der Waals surface area contributed by atoms with Crippen molar-refractivity contribution in [3.63, 3.8) is 0 Å². The minimum absolute atomic E-state index is 0.231. The maximum Gasteiger partial charge on any atom is 0.235 e. The fourth-order valence-corrected chi connectivity index (χ4v) is 2.98. The molecule has 1 rings (SSSR count). The van der Waals surface area contributed by atoms with Crippen LogP contribution >= 0.6 is 0 Å². The molecule has 0 unspecified atom stereocenters. The van der Waals surface area contributed by atoms with Crippen LogP contribution in [0.5, 0.6) is 0 Å². The maximum absolute atomic E-state index is 13.6. The summed E-state index contributed by atoms with van der Waals surface area (Å²) in [6.07, 6.45) is 0.677. The standard InChI is InChI=1S/C13H18F2N2O3S/c1-8(2)3-4-17-12(18)7-21(19,20)13-10(14)5-9(16)6-11(13)15/h5-6,8H,3-4,7,16H2,1-2H3,(H,17,18). The average Bonchev–Trinajstić information content (AvgIpc) is 2.24. The van der Waals surface area contributed by atoms with Crippen LogP contribution in [0.15, 0.2) is 17.0 Å². The first kappa shape index (κ1) is 17.4. The van der Waals surface area contributed by atoms with Gasteiger partial charge in [0.25, 0.3) is 0 Å². The number of carbonyl (C=O) groups excluding carboxylic acids is 1. The summed E-state index contributed by atoms with van der Waals surface area (Å²) < 4.78 is 51.0. The third kappa shape index (κ3) is 4.96. The first-order valence-corrected chi connectivity index (χ1v) is 8.02.